The topological polar surface area (TPSA) is 127 Å². The Bertz CT molecular complexity index is 1410. The van der Waals surface area contributed by atoms with E-state index in [1.54, 1.807) is 48.5 Å². The lowest BCUT2D eigenvalue weighted by Crippen LogP contribution is -2.36. The molecule has 1 aromatic heterocycles. The summed E-state index contributed by atoms with van der Waals surface area (Å²) in [5, 5.41) is 18.0. The molecule has 2 amide bonds. The van der Waals surface area contributed by atoms with Crippen molar-refractivity contribution >= 4 is 45.5 Å². The molecule has 1 aliphatic rings. The first-order valence-corrected chi connectivity index (χ1v) is 11.3. The Balaban J connectivity index is 1.25. The third-order valence-electron chi connectivity index (χ3n) is 5.84. The maximum atomic E-state index is 12.8. The van der Waals surface area contributed by atoms with Crippen LogP contribution in [0.2, 0.25) is 0 Å². The Hall–Kier alpha value is -4.70. The normalized spacial score (nSPS) is 13.4. The molecule has 10 heteroatoms. The number of fused-ring (bicyclic) bond motifs is 1. The van der Waals surface area contributed by atoms with E-state index in [1.165, 1.54) is 6.07 Å². The number of carbonyl (C=O) groups excluding carboxylic acids is 2. The number of anilines is 3. The molecule has 0 saturated carbocycles. The molecule has 36 heavy (non-hydrogen) atoms. The van der Waals surface area contributed by atoms with Crippen molar-refractivity contribution in [3.63, 3.8) is 0 Å². The first kappa shape index (κ1) is 23.1. The number of rotatable bonds is 6. The van der Waals surface area contributed by atoms with Crippen LogP contribution in [0.1, 0.15) is 20.9 Å². The third kappa shape index (κ3) is 4.89. The molecule has 3 aromatic carbocycles. The number of amides is 2. The van der Waals surface area contributed by atoms with E-state index in [4.69, 9.17) is 9.15 Å². The van der Waals surface area contributed by atoms with Gasteiger partial charge in [0, 0.05) is 41.5 Å². The number of hydrogen-bond acceptors (Lipinski definition) is 7. The van der Waals surface area contributed by atoms with Gasteiger partial charge in [-0.2, -0.15) is 0 Å². The van der Waals surface area contributed by atoms with Gasteiger partial charge in [0.1, 0.15) is 11.3 Å². The standard InChI is InChI=1S/C26H22N4O6/c31-25(18-5-10-21(22(15-18)30(33)34)29-11-13-35-14-12-29)27-19-6-8-20(9-7-19)28-26(32)24-16-17-3-1-2-4-23(17)36-24/h1-10,15-16H,11-14H2,(H,27,31)(H,28,32). The number of para-hydroxylation sites is 1. The Kier molecular flexibility index (Phi) is 6.33. The first-order chi connectivity index (χ1) is 17.5. The van der Waals surface area contributed by atoms with Crippen LogP contribution in [-0.4, -0.2) is 43.0 Å². The summed E-state index contributed by atoms with van der Waals surface area (Å²) in [6, 6.07) is 20.0. The minimum absolute atomic E-state index is 0.131. The minimum Gasteiger partial charge on any atom is -0.451 e. The van der Waals surface area contributed by atoms with Gasteiger partial charge < -0.3 is 24.7 Å². The molecule has 1 saturated heterocycles. The molecule has 1 aliphatic heterocycles. The molecule has 0 atom stereocenters. The number of hydrogen-bond donors (Lipinski definition) is 2. The summed E-state index contributed by atoms with van der Waals surface area (Å²) in [5.74, 6) is -0.683. The minimum atomic E-state index is -0.485. The van der Waals surface area contributed by atoms with Crippen molar-refractivity contribution in [3.05, 3.63) is 94.2 Å². The molecular weight excluding hydrogens is 464 g/mol. The lowest BCUT2D eigenvalue weighted by Gasteiger charge is -2.28. The number of morpholine rings is 1. The number of furan rings is 1. The quantitative estimate of drug-likeness (QED) is 0.299. The molecule has 0 spiro atoms. The molecule has 1 fully saturated rings. The van der Waals surface area contributed by atoms with Crippen LogP contribution in [0.4, 0.5) is 22.7 Å². The van der Waals surface area contributed by atoms with Crippen molar-refractivity contribution in [2.45, 2.75) is 0 Å². The average molecular weight is 486 g/mol. The molecule has 0 radical (unpaired) electrons. The predicted molar refractivity (Wildman–Crippen MR) is 135 cm³/mol. The van der Waals surface area contributed by atoms with Gasteiger partial charge in [-0.05, 0) is 48.5 Å². The zero-order chi connectivity index (χ0) is 25.1. The molecule has 10 nitrogen and oxygen atoms in total. The van der Waals surface area contributed by atoms with Crippen LogP contribution < -0.4 is 15.5 Å². The second-order valence-electron chi connectivity index (χ2n) is 8.19. The Morgan fingerprint density at radius 3 is 2.19 bits per heavy atom. The molecule has 2 heterocycles. The van der Waals surface area contributed by atoms with Gasteiger partial charge in [0.15, 0.2) is 5.76 Å². The van der Waals surface area contributed by atoms with E-state index in [-0.39, 0.29) is 17.0 Å². The highest BCUT2D eigenvalue weighted by Crippen LogP contribution is 2.30. The summed E-state index contributed by atoms with van der Waals surface area (Å²) >= 11 is 0. The number of nitrogens with zero attached hydrogens (tertiary/aromatic N) is 2. The largest absolute Gasteiger partial charge is 0.451 e. The van der Waals surface area contributed by atoms with Crippen molar-refractivity contribution in [1.29, 1.82) is 0 Å². The number of carbonyl (C=O) groups is 2. The molecule has 2 N–H and O–H groups in total. The molecular formula is C26H22N4O6. The fraction of sp³-hybridized carbons (Fsp3) is 0.154. The van der Waals surface area contributed by atoms with Gasteiger partial charge in [0.05, 0.1) is 18.1 Å². The fourth-order valence-electron chi connectivity index (χ4n) is 4.01. The van der Waals surface area contributed by atoms with Gasteiger partial charge >= 0.3 is 0 Å². The summed E-state index contributed by atoms with van der Waals surface area (Å²) in [6.45, 7) is 2.08. The first-order valence-electron chi connectivity index (χ1n) is 11.3. The molecule has 182 valence electrons. The smallest absolute Gasteiger partial charge is 0.293 e. The van der Waals surface area contributed by atoms with Crippen molar-refractivity contribution in [3.8, 4) is 0 Å². The number of ether oxygens (including phenoxy) is 1. The van der Waals surface area contributed by atoms with Crippen LogP contribution in [0, 0.1) is 10.1 Å². The Morgan fingerprint density at radius 1 is 0.861 bits per heavy atom. The van der Waals surface area contributed by atoms with Crippen molar-refractivity contribution < 1.29 is 23.7 Å². The van der Waals surface area contributed by atoms with E-state index in [0.29, 0.717) is 48.9 Å². The molecule has 0 unspecified atom stereocenters. The zero-order valence-corrected chi connectivity index (χ0v) is 19.1. The van der Waals surface area contributed by atoms with Crippen molar-refractivity contribution in [1.82, 2.24) is 0 Å². The maximum absolute atomic E-state index is 12.8. The second kappa shape index (κ2) is 9.88. The summed E-state index contributed by atoms with van der Waals surface area (Å²) in [4.78, 5) is 38.3. The number of nitro benzene ring substituents is 1. The number of benzene rings is 3. The van der Waals surface area contributed by atoms with Gasteiger partial charge in [0.2, 0.25) is 0 Å². The number of nitro groups is 1. The highest BCUT2D eigenvalue weighted by atomic mass is 16.6. The predicted octanol–water partition coefficient (Wildman–Crippen LogP) is 4.68. The molecule has 4 aromatic rings. The van der Waals surface area contributed by atoms with Crippen molar-refractivity contribution in [2.75, 3.05) is 41.8 Å². The lowest BCUT2D eigenvalue weighted by atomic mass is 10.1. The van der Waals surface area contributed by atoms with E-state index >= 15 is 0 Å². The van der Waals surface area contributed by atoms with Crippen LogP contribution in [0.25, 0.3) is 11.0 Å². The van der Waals surface area contributed by atoms with E-state index in [0.717, 1.165) is 5.39 Å². The van der Waals surface area contributed by atoms with Crippen molar-refractivity contribution in [2.24, 2.45) is 0 Å². The van der Waals surface area contributed by atoms with E-state index in [1.807, 2.05) is 23.1 Å². The third-order valence-corrected chi connectivity index (χ3v) is 5.84. The van der Waals surface area contributed by atoms with Crippen LogP contribution in [0.15, 0.2) is 77.2 Å². The van der Waals surface area contributed by atoms with Crippen LogP contribution >= 0.6 is 0 Å². The fourth-order valence-corrected chi connectivity index (χ4v) is 4.01. The highest BCUT2D eigenvalue weighted by molar-refractivity contribution is 6.06. The summed E-state index contributed by atoms with van der Waals surface area (Å²) < 4.78 is 10.9. The van der Waals surface area contributed by atoms with Crippen LogP contribution in [0.5, 0.6) is 0 Å². The SMILES string of the molecule is O=C(Nc1ccc(NC(=O)c2cc3ccccc3o2)cc1)c1ccc(N2CCOCC2)c([N+](=O)[O-])c1. The van der Waals surface area contributed by atoms with E-state index in [2.05, 4.69) is 10.6 Å². The Morgan fingerprint density at radius 2 is 1.53 bits per heavy atom. The maximum Gasteiger partial charge on any atom is 0.293 e. The van der Waals surface area contributed by atoms with Gasteiger partial charge in [-0.25, -0.2) is 0 Å². The second-order valence-corrected chi connectivity index (χ2v) is 8.19. The zero-order valence-electron chi connectivity index (χ0n) is 19.1. The van der Waals surface area contributed by atoms with Gasteiger partial charge in [-0.15, -0.1) is 0 Å². The number of nitrogens with one attached hydrogen (secondary N) is 2. The Labute approximate surface area is 205 Å². The highest BCUT2D eigenvalue weighted by Gasteiger charge is 2.23. The van der Waals surface area contributed by atoms with Crippen LogP contribution in [0.3, 0.4) is 0 Å². The molecule has 0 bridgehead atoms. The average Bonchev–Trinajstić information content (AvgIpc) is 3.34. The van der Waals surface area contributed by atoms with Crippen LogP contribution in [-0.2, 0) is 4.74 Å². The lowest BCUT2D eigenvalue weighted by molar-refractivity contribution is -0.384. The van der Waals surface area contributed by atoms with Gasteiger partial charge in [0.25, 0.3) is 17.5 Å². The van der Waals surface area contributed by atoms with E-state index < -0.39 is 16.7 Å². The molecule has 0 aliphatic carbocycles. The molecule has 5 rings (SSSR count). The summed E-state index contributed by atoms with van der Waals surface area (Å²) in [5.41, 5.74) is 2.11. The van der Waals surface area contributed by atoms with Gasteiger partial charge in [-0.1, -0.05) is 18.2 Å². The van der Waals surface area contributed by atoms with E-state index in [9.17, 15) is 19.7 Å². The summed E-state index contributed by atoms with van der Waals surface area (Å²) in [7, 11) is 0. The van der Waals surface area contributed by atoms with Gasteiger partial charge in [-0.3, -0.25) is 19.7 Å². The monoisotopic (exact) mass is 486 g/mol. The summed E-state index contributed by atoms with van der Waals surface area (Å²) in [6.07, 6.45) is 0.